The number of aromatic amines is 1. The molecular weight excluding hydrogens is 220 g/mol. The third-order valence-electron chi connectivity index (χ3n) is 2.60. The average Bonchev–Trinajstić information content (AvgIpc) is 2.61. The van der Waals surface area contributed by atoms with E-state index in [1.165, 1.54) is 0 Å². The summed E-state index contributed by atoms with van der Waals surface area (Å²) in [6, 6.07) is 7.98. The molecule has 4 heteroatoms. The van der Waals surface area contributed by atoms with Crippen molar-refractivity contribution in [2.24, 2.45) is 0 Å². The third-order valence-corrected chi connectivity index (χ3v) is 2.93. The fraction of sp³-hybridized carbons (Fsp3) is 0.250. The molecule has 0 aliphatic carbocycles. The number of hydrogen-bond donors (Lipinski definition) is 1. The highest BCUT2D eigenvalue weighted by Gasteiger charge is 2.05. The van der Waals surface area contributed by atoms with Crippen molar-refractivity contribution < 1.29 is 4.74 Å². The highest BCUT2D eigenvalue weighted by molar-refractivity contribution is 7.71. The number of imidazole rings is 1. The van der Waals surface area contributed by atoms with E-state index in [1.807, 2.05) is 42.0 Å². The summed E-state index contributed by atoms with van der Waals surface area (Å²) in [4.78, 5) is 3.03. The van der Waals surface area contributed by atoms with Gasteiger partial charge in [-0.3, -0.25) is 0 Å². The molecule has 16 heavy (non-hydrogen) atoms. The number of aryl methyl sites for hydroxylation is 1. The molecule has 84 valence electrons. The van der Waals surface area contributed by atoms with E-state index in [0.29, 0.717) is 0 Å². The van der Waals surface area contributed by atoms with Crippen LogP contribution in [0.15, 0.2) is 30.5 Å². The van der Waals surface area contributed by atoms with Crippen LogP contribution in [0.1, 0.15) is 11.3 Å². The van der Waals surface area contributed by atoms with E-state index in [2.05, 4.69) is 4.98 Å². The van der Waals surface area contributed by atoms with Crippen molar-refractivity contribution in [2.45, 2.75) is 13.5 Å². The van der Waals surface area contributed by atoms with Crippen LogP contribution in [0.4, 0.5) is 0 Å². The summed E-state index contributed by atoms with van der Waals surface area (Å²) < 4.78 is 8.10. The van der Waals surface area contributed by atoms with Gasteiger partial charge in [-0.05, 0) is 25.2 Å². The van der Waals surface area contributed by atoms with Crippen LogP contribution >= 0.6 is 12.2 Å². The van der Waals surface area contributed by atoms with Crippen LogP contribution in [0, 0.1) is 11.7 Å². The predicted octanol–water partition coefficient (Wildman–Crippen LogP) is 2.91. The second-order valence-corrected chi connectivity index (χ2v) is 4.02. The lowest BCUT2D eigenvalue weighted by atomic mass is 10.2. The maximum Gasteiger partial charge on any atom is 0.177 e. The van der Waals surface area contributed by atoms with Crippen molar-refractivity contribution in [3.63, 3.8) is 0 Å². The molecule has 0 unspecified atom stereocenters. The topological polar surface area (TPSA) is 29.9 Å². The van der Waals surface area contributed by atoms with Crippen LogP contribution < -0.4 is 4.74 Å². The summed E-state index contributed by atoms with van der Waals surface area (Å²) in [7, 11) is 1.68. The lowest BCUT2D eigenvalue weighted by Gasteiger charge is -2.09. The summed E-state index contributed by atoms with van der Waals surface area (Å²) in [6.07, 6.45) is 1.91. The monoisotopic (exact) mass is 234 g/mol. The Morgan fingerprint density at radius 3 is 2.75 bits per heavy atom. The average molecular weight is 234 g/mol. The number of nitrogens with zero attached hydrogens (tertiary/aromatic N) is 1. The molecule has 1 aromatic carbocycles. The van der Waals surface area contributed by atoms with Gasteiger partial charge in [-0.2, -0.15) is 0 Å². The highest BCUT2D eigenvalue weighted by atomic mass is 32.1. The van der Waals surface area contributed by atoms with Crippen molar-refractivity contribution in [3.05, 3.63) is 46.5 Å². The minimum atomic E-state index is 0.734. The van der Waals surface area contributed by atoms with Crippen LogP contribution in [-0.4, -0.2) is 16.7 Å². The molecule has 0 spiro atoms. The first-order chi connectivity index (χ1) is 7.72. The zero-order valence-corrected chi connectivity index (χ0v) is 10.2. The van der Waals surface area contributed by atoms with Crippen LogP contribution in [0.3, 0.4) is 0 Å². The van der Waals surface area contributed by atoms with E-state index in [0.717, 1.165) is 28.3 Å². The first-order valence-corrected chi connectivity index (χ1v) is 5.50. The van der Waals surface area contributed by atoms with Gasteiger partial charge in [-0.25, -0.2) is 0 Å². The summed E-state index contributed by atoms with van der Waals surface area (Å²) in [5, 5.41) is 0. The van der Waals surface area contributed by atoms with Gasteiger partial charge in [0.05, 0.1) is 13.7 Å². The lowest BCUT2D eigenvalue weighted by Crippen LogP contribution is -2.03. The van der Waals surface area contributed by atoms with Crippen molar-refractivity contribution >= 4 is 12.2 Å². The summed E-state index contributed by atoms with van der Waals surface area (Å²) in [5.74, 6) is 0.894. The number of nitrogens with one attached hydrogen (secondary N) is 1. The summed E-state index contributed by atoms with van der Waals surface area (Å²) in [5.41, 5.74) is 2.25. The van der Waals surface area contributed by atoms with Crippen molar-refractivity contribution in [1.29, 1.82) is 0 Å². The van der Waals surface area contributed by atoms with Crippen LogP contribution in [-0.2, 0) is 6.54 Å². The van der Waals surface area contributed by atoms with E-state index >= 15 is 0 Å². The molecular formula is C12H14N2OS. The van der Waals surface area contributed by atoms with Gasteiger partial charge in [0.2, 0.25) is 0 Å². The van der Waals surface area contributed by atoms with Gasteiger partial charge in [0.25, 0.3) is 0 Å². The molecule has 1 heterocycles. The van der Waals surface area contributed by atoms with Gasteiger partial charge in [-0.1, -0.05) is 18.2 Å². The van der Waals surface area contributed by atoms with Crippen LogP contribution in [0.25, 0.3) is 0 Å². The first-order valence-electron chi connectivity index (χ1n) is 5.09. The quantitative estimate of drug-likeness (QED) is 0.828. The van der Waals surface area contributed by atoms with Gasteiger partial charge in [0.1, 0.15) is 5.75 Å². The molecule has 0 aliphatic rings. The number of ether oxygens (including phenoxy) is 1. The Balaban J connectivity index is 2.37. The van der Waals surface area contributed by atoms with Gasteiger partial charge >= 0.3 is 0 Å². The van der Waals surface area contributed by atoms with Crippen LogP contribution in [0.2, 0.25) is 0 Å². The molecule has 1 N–H and O–H groups in total. The summed E-state index contributed by atoms with van der Waals surface area (Å²) >= 11 is 5.22. The van der Waals surface area contributed by atoms with E-state index < -0.39 is 0 Å². The molecule has 0 aliphatic heterocycles. The number of benzene rings is 1. The number of H-pyrrole nitrogens is 1. The fourth-order valence-electron chi connectivity index (χ4n) is 1.68. The minimum Gasteiger partial charge on any atom is -0.496 e. The normalized spacial score (nSPS) is 10.4. The Hall–Kier alpha value is -1.55. The lowest BCUT2D eigenvalue weighted by molar-refractivity contribution is 0.408. The van der Waals surface area contributed by atoms with Gasteiger partial charge < -0.3 is 14.3 Å². The molecule has 2 aromatic rings. The molecule has 0 radical (unpaired) electrons. The molecule has 0 atom stereocenters. The molecule has 0 saturated heterocycles. The van der Waals surface area contributed by atoms with Crippen molar-refractivity contribution in [3.8, 4) is 5.75 Å². The van der Waals surface area contributed by atoms with E-state index in [-0.39, 0.29) is 0 Å². The van der Waals surface area contributed by atoms with E-state index in [1.54, 1.807) is 7.11 Å². The first kappa shape index (κ1) is 11.0. The van der Waals surface area contributed by atoms with Gasteiger partial charge in [-0.15, -0.1) is 0 Å². The zero-order valence-electron chi connectivity index (χ0n) is 9.36. The smallest absolute Gasteiger partial charge is 0.177 e. The minimum absolute atomic E-state index is 0.734. The highest BCUT2D eigenvalue weighted by Crippen LogP contribution is 2.19. The molecule has 1 aromatic heterocycles. The molecule has 0 bridgehead atoms. The zero-order chi connectivity index (χ0) is 11.5. The molecule has 0 fully saturated rings. The predicted molar refractivity (Wildman–Crippen MR) is 66.4 cm³/mol. The molecule has 0 saturated carbocycles. The molecule has 2 rings (SSSR count). The Labute approximate surface area is 99.7 Å². The number of aromatic nitrogens is 2. The Morgan fingerprint density at radius 1 is 1.38 bits per heavy atom. The second-order valence-electron chi connectivity index (χ2n) is 3.63. The fourth-order valence-corrected chi connectivity index (χ4v) is 1.95. The number of hydrogen-bond acceptors (Lipinski definition) is 2. The maximum atomic E-state index is 5.32. The van der Waals surface area contributed by atoms with E-state index in [9.17, 15) is 0 Å². The largest absolute Gasteiger partial charge is 0.496 e. The molecule has 3 nitrogen and oxygen atoms in total. The van der Waals surface area contributed by atoms with E-state index in [4.69, 9.17) is 17.0 Å². The standard InChI is InChI=1S/C12H14N2OS/c1-9-7-13-12(16)14(9)8-10-5-3-4-6-11(10)15-2/h3-7H,8H2,1-2H3,(H,13,16). The van der Waals surface area contributed by atoms with Crippen LogP contribution in [0.5, 0.6) is 5.75 Å². The third kappa shape index (κ3) is 2.02. The Morgan fingerprint density at radius 2 is 2.12 bits per heavy atom. The Kier molecular flexibility index (Phi) is 3.10. The van der Waals surface area contributed by atoms with Gasteiger partial charge in [0.15, 0.2) is 4.77 Å². The van der Waals surface area contributed by atoms with Crippen molar-refractivity contribution in [2.75, 3.05) is 7.11 Å². The number of rotatable bonds is 3. The van der Waals surface area contributed by atoms with Crippen molar-refractivity contribution in [1.82, 2.24) is 9.55 Å². The summed E-state index contributed by atoms with van der Waals surface area (Å²) in [6.45, 7) is 2.76. The number of para-hydroxylation sites is 1. The SMILES string of the molecule is COc1ccccc1Cn1c(C)c[nH]c1=S. The number of methoxy groups -OCH3 is 1. The molecule has 0 amide bonds. The second kappa shape index (κ2) is 4.53. The maximum absolute atomic E-state index is 5.32. The van der Waals surface area contributed by atoms with Gasteiger partial charge in [0, 0.05) is 17.5 Å². The Bertz CT molecular complexity index is 542.